The number of halogens is 2. The molecule has 0 unspecified atom stereocenters. The normalized spacial score (nSPS) is 10.7. The second kappa shape index (κ2) is 6.98. The van der Waals surface area contributed by atoms with E-state index < -0.39 is 0 Å². The van der Waals surface area contributed by atoms with Crippen molar-refractivity contribution in [1.29, 1.82) is 0 Å². The minimum Gasteiger partial charge on any atom is -0.311 e. The van der Waals surface area contributed by atoms with Crippen molar-refractivity contribution >= 4 is 34.8 Å². The lowest BCUT2D eigenvalue weighted by Gasteiger charge is -2.22. The van der Waals surface area contributed by atoms with E-state index in [1.54, 1.807) is 30.1 Å². The molecule has 0 saturated heterocycles. The third kappa shape index (κ3) is 3.34. The van der Waals surface area contributed by atoms with Gasteiger partial charge < -0.3 is 4.90 Å². The van der Waals surface area contributed by atoms with Crippen LogP contribution in [0.2, 0.25) is 10.0 Å². The highest BCUT2D eigenvalue weighted by Gasteiger charge is 2.18. The van der Waals surface area contributed by atoms with E-state index in [2.05, 4.69) is 5.10 Å². The highest BCUT2D eigenvalue weighted by molar-refractivity contribution is 6.44. The number of hydrogen-bond donors (Lipinski definition) is 0. The highest BCUT2D eigenvalue weighted by atomic mass is 35.5. The van der Waals surface area contributed by atoms with Gasteiger partial charge in [-0.2, -0.15) is 5.10 Å². The molecule has 0 atom stereocenters. The second-order valence-corrected chi connectivity index (χ2v) is 5.49. The Kier molecular flexibility index (Phi) is 5.26. The van der Waals surface area contributed by atoms with Crippen molar-refractivity contribution in [1.82, 2.24) is 14.3 Å². The molecule has 1 aromatic carbocycles. The second-order valence-electron chi connectivity index (χ2n) is 4.71. The number of aromatic nitrogens is 3. The van der Waals surface area contributed by atoms with Crippen LogP contribution in [0, 0.1) is 0 Å². The number of nitrogens with zero attached hydrogens (tertiary/aromatic N) is 4. The van der Waals surface area contributed by atoms with Crippen molar-refractivity contribution in [3.8, 4) is 0 Å². The van der Waals surface area contributed by atoms with Crippen molar-refractivity contribution in [3.05, 3.63) is 45.1 Å². The Morgan fingerprint density at radius 1 is 1.36 bits per heavy atom. The molecular weight excluding hydrogens is 327 g/mol. The first kappa shape index (κ1) is 16.6. The Balaban J connectivity index is 2.14. The quantitative estimate of drug-likeness (QED) is 0.837. The maximum atomic E-state index is 12.4. The van der Waals surface area contributed by atoms with Gasteiger partial charge in [-0.25, -0.2) is 9.48 Å². The minimum atomic E-state index is -0.253. The average molecular weight is 343 g/mol. The maximum absolute atomic E-state index is 12.4. The Labute approximate surface area is 137 Å². The molecule has 1 aromatic heterocycles. The summed E-state index contributed by atoms with van der Waals surface area (Å²) in [4.78, 5) is 25.6. The molecule has 0 aliphatic rings. The van der Waals surface area contributed by atoms with Crippen LogP contribution in [0.25, 0.3) is 0 Å². The molecule has 0 aliphatic heterocycles. The Morgan fingerprint density at radius 2 is 2.09 bits per heavy atom. The van der Waals surface area contributed by atoms with E-state index in [9.17, 15) is 9.59 Å². The summed E-state index contributed by atoms with van der Waals surface area (Å²) in [5.74, 6) is -0.149. The fourth-order valence-corrected chi connectivity index (χ4v) is 2.49. The van der Waals surface area contributed by atoms with Crippen LogP contribution >= 0.6 is 23.2 Å². The van der Waals surface area contributed by atoms with Gasteiger partial charge in [0, 0.05) is 20.0 Å². The Bertz CT molecular complexity index is 739. The first-order chi connectivity index (χ1) is 10.5. The zero-order valence-corrected chi connectivity index (χ0v) is 13.8. The van der Waals surface area contributed by atoms with Crippen LogP contribution in [0.15, 0.2) is 29.3 Å². The van der Waals surface area contributed by atoms with Crippen LogP contribution in [-0.2, 0) is 18.4 Å². The van der Waals surface area contributed by atoms with E-state index >= 15 is 0 Å². The van der Waals surface area contributed by atoms with E-state index in [1.807, 2.05) is 6.92 Å². The molecule has 2 rings (SSSR count). The van der Waals surface area contributed by atoms with Crippen molar-refractivity contribution < 1.29 is 4.79 Å². The van der Waals surface area contributed by atoms with Gasteiger partial charge in [-0.1, -0.05) is 29.3 Å². The van der Waals surface area contributed by atoms with E-state index in [0.29, 0.717) is 22.3 Å². The number of amides is 1. The Morgan fingerprint density at radius 3 is 2.68 bits per heavy atom. The van der Waals surface area contributed by atoms with E-state index in [4.69, 9.17) is 23.2 Å². The largest absolute Gasteiger partial charge is 0.345 e. The first-order valence-corrected chi connectivity index (χ1v) is 7.54. The van der Waals surface area contributed by atoms with E-state index in [1.165, 1.54) is 15.6 Å². The van der Waals surface area contributed by atoms with Crippen molar-refractivity contribution in [2.75, 3.05) is 11.4 Å². The van der Waals surface area contributed by atoms with Gasteiger partial charge in [0.15, 0.2) is 0 Å². The fraction of sp³-hybridized carbons (Fsp3) is 0.357. The molecule has 1 amide bonds. The molecule has 0 fully saturated rings. The molecule has 0 bridgehead atoms. The van der Waals surface area contributed by atoms with E-state index in [0.717, 1.165) is 0 Å². The predicted molar refractivity (Wildman–Crippen MR) is 86.6 cm³/mol. The summed E-state index contributed by atoms with van der Waals surface area (Å²) in [6.07, 6.45) is 1.56. The summed E-state index contributed by atoms with van der Waals surface area (Å²) in [6.45, 7) is 2.52. The molecule has 0 spiro atoms. The molecular formula is C14H16Cl2N4O2. The maximum Gasteiger partial charge on any atom is 0.345 e. The third-order valence-corrected chi connectivity index (χ3v) is 4.07. The standard InChI is InChI=1S/C14H16Cl2N4O2/c1-3-19(11-6-4-5-10(15)13(11)16)12(21)7-8-20-14(22)18(2)9-17-20/h4-6,9H,3,7-8H2,1-2H3. The molecule has 0 aliphatic carbocycles. The molecule has 118 valence electrons. The van der Waals surface area contributed by atoms with Gasteiger partial charge in [-0.05, 0) is 19.1 Å². The van der Waals surface area contributed by atoms with Gasteiger partial charge in [0.25, 0.3) is 0 Å². The number of rotatable bonds is 5. The molecule has 0 radical (unpaired) electrons. The highest BCUT2D eigenvalue weighted by Crippen LogP contribution is 2.32. The lowest BCUT2D eigenvalue weighted by Crippen LogP contribution is -2.33. The monoisotopic (exact) mass is 342 g/mol. The molecule has 2 aromatic rings. The van der Waals surface area contributed by atoms with Gasteiger partial charge >= 0.3 is 5.69 Å². The molecule has 0 N–H and O–H groups in total. The van der Waals surface area contributed by atoms with Crippen LogP contribution in [0.4, 0.5) is 5.69 Å². The average Bonchev–Trinajstić information content (AvgIpc) is 2.81. The molecule has 22 heavy (non-hydrogen) atoms. The summed E-state index contributed by atoms with van der Waals surface area (Å²) in [5, 5.41) is 4.66. The van der Waals surface area contributed by atoms with Crippen molar-refractivity contribution in [3.63, 3.8) is 0 Å². The van der Waals surface area contributed by atoms with Crippen molar-refractivity contribution in [2.45, 2.75) is 19.9 Å². The first-order valence-electron chi connectivity index (χ1n) is 6.78. The van der Waals surface area contributed by atoms with Crippen LogP contribution in [0.5, 0.6) is 0 Å². The van der Waals surface area contributed by atoms with Crippen LogP contribution in [-0.4, -0.2) is 26.8 Å². The van der Waals surface area contributed by atoms with E-state index in [-0.39, 0.29) is 24.6 Å². The van der Waals surface area contributed by atoms with Gasteiger partial charge in [-0.3, -0.25) is 9.36 Å². The van der Waals surface area contributed by atoms with Crippen LogP contribution in [0.1, 0.15) is 13.3 Å². The minimum absolute atomic E-state index is 0.146. The van der Waals surface area contributed by atoms with Crippen LogP contribution in [0.3, 0.4) is 0 Å². The number of hydrogen-bond acceptors (Lipinski definition) is 3. The topological polar surface area (TPSA) is 60.1 Å². The van der Waals surface area contributed by atoms with Crippen LogP contribution < -0.4 is 10.6 Å². The SMILES string of the molecule is CCN(C(=O)CCn1ncn(C)c1=O)c1cccc(Cl)c1Cl. The smallest absolute Gasteiger partial charge is 0.311 e. The third-order valence-electron chi connectivity index (χ3n) is 3.26. The summed E-state index contributed by atoms with van der Waals surface area (Å²) in [5.41, 5.74) is 0.312. The number of aryl methyl sites for hydroxylation is 2. The lowest BCUT2D eigenvalue weighted by molar-refractivity contribution is -0.118. The number of carbonyl (C=O) groups is 1. The van der Waals surface area contributed by atoms with Gasteiger partial charge in [-0.15, -0.1) is 0 Å². The zero-order chi connectivity index (χ0) is 16.3. The number of carbonyl (C=O) groups excluding carboxylic acids is 1. The molecule has 0 saturated carbocycles. The molecule has 6 nitrogen and oxygen atoms in total. The molecule has 1 heterocycles. The lowest BCUT2D eigenvalue weighted by atomic mass is 10.2. The predicted octanol–water partition coefficient (Wildman–Crippen LogP) is 2.33. The Hall–Kier alpha value is -1.79. The fourth-order valence-electron chi connectivity index (χ4n) is 2.09. The summed E-state index contributed by atoms with van der Waals surface area (Å²) in [6, 6.07) is 5.14. The van der Waals surface area contributed by atoms with Gasteiger partial charge in [0.05, 0.1) is 22.3 Å². The van der Waals surface area contributed by atoms with Crippen molar-refractivity contribution in [2.24, 2.45) is 7.05 Å². The summed E-state index contributed by atoms with van der Waals surface area (Å²) >= 11 is 12.1. The van der Waals surface area contributed by atoms with Gasteiger partial charge in [0.1, 0.15) is 6.33 Å². The summed E-state index contributed by atoms with van der Waals surface area (Å²) in [7, 11) is 1.61. The zero-order valence-electron chi connectivity index (χ0n) is 12.3. The summed E-state index contributed by atoms with van der Waals surface area (Å²) < 4.78 is 2.61. The number of benzene rings is 1. The number of anilines is 1. The van der Waals surface area contributed by atoms with Gasteiger partial charge in [0.2, 0.25) is 5.91 Å². The molecule has 8 heteroatoms.